The molecule has 0 saturated carbocycles. The van der Waals surface area contributed by atoms with Crippen molar-refractivity contribution in [3.8, 4) is 0 Å². The molecule has 8 heteroatoms. The molecule has 2 aromatic rings. The fourth-order valence-electron chi connectivity index (χ4n) is 4.01. The highest BCUT2D eigenvalue weighted by Crippen LogP contribution is 2.32. The standard InChI is InChI=1S/C21H25N3O3S.ClH/c1-23(18-11-12-22-15-18)21(25)17-7-4-9-19(14-17)28(26,27)24-13-5-8-16-6-2-3-10-20(16)24;/h2-4,6-7,9-10,14,18,22H,5,8,11-13,15H2,1H3;1H. The maximum atomic E-state index is 13.3. The van der Waals surface area contributed by atoms with E-state index in [4.69, 9.17) is 0 Å². The number of sulfonamides is 1. The van der Waals surface area contributed by atoms with Crippen molar-refractivity contribution in [2.24, 2.45) is 0 Å². The van der Waals surface area contributed by atoms with Gasteiger partial charge in [0.25, 0.3) is 15.9 Å². The van der Waals surface area contributed by atoms with E-state index in [1.165, 1.54) is 10.4 Å². The number of aryl methyl sites for hydroxylation is 1. The van der Waals surface area contributed by atoms with Crippen molar-refractivity contribution in [1.29, 1.82) is 0 Å². The van der Waals surface area contributed by atoms with Gasteiger partial charge in [0.2, 0.25) is 0 Å². The Labute approximate surface area is 178 Å². The van der Waals surface area contributed by atoms with Crippen molar-refractivity contribution in [3.63, 3.8) is 0 Å². The van der Waals surface area contributed by atoms with Gasteiger partial charge >= 0.3 is 0 Å². The van der Waals surface area contributed by atoms with Crippen LogP contribution in [-0.4, -0.2) is 51.9 Å². The lowest BCUT2D eigenvalue weighted by Crippen LogP contribution is -2.38. The van der Waals surface area contributed by atoms with Gasteiger partial charge in [0.15, 0.2) is 0 Å². The summed E-state index contributed by atoms with van der Waals surface area (Å²) in [6.07, 6.45) is 2.57. The quantitative estimate of drug-likeness (QED) is 0.801. The van der Waals surface area contributed by atoms with Gasteiger partial charge in [0, 0.05) is 31.7 Å². The van der Waals surface area contributed by atoms with E-state index in [-0.39, 0.29) is 29.3 Å². The Morgan fingerprint density at radius 3 is 2.72 bits per heavy atom. The number of nitrogens with zero attached hydrogens (tertiary/aromatic N) is 2. The lowest BCUT2D eigenvalue weighted by atomic mass is 10.0. The summed E-state index contributed by atoms with van der Waals surface area (Å²) in [4.78, 5) is 14.7. The van der Waals surface area contributed by atoms with Crippen LogP contribution in [0.5, 0.6) is 0 Å². The Hall–Kier alpha value is -2.09. The minimum absolute atomic E-state index is 0. The van der Waals surface area contributed by atoms with Crippen molar-refractivity contribution in [2.45, 2.75) is 30.2 Å². The molecular weight excluding hydrogens is 410 g/mol. The van der Waals surface area contributed by atoms with Crippen LogP contribution in [-0.2, 0) is 16.4 Å². The van der Waals surface area contributed by atoms with E-state index in [1.807, 2.05) is 24.3 Å². The number of rotatable bonds is 4. The highest BCUT2D eigenvalue weighted by molar-refractivity contribution is 7.92. The number of fused-ring (bicyclic) bond motifs is 1. The van der Waals surface area contributed by atoms with Crippen LogP contribution < -0.4 is 9.62 Å². The summed E-state index contributed by atoms with van der Waals surface area (Å²) in [5, 5.41) is 3.25. The predicted octanol–water partition coefficient (Wildman–Crippen LogP) is 2.68. The fourth-order valence-corrected chi connectivity index (χ4v) is 5.59. The smallest absolute Gasteiger partial charge is 0.264 e. The van der Waals surface area contributed by atoms with E-state index in [1.54, 1.807) is 30.1 Å². The van der Waals surface area contributed by atoms with Crippen LogP contribution in [0.1, 0.15) is 28.8 Å². The van der Waals surface area contributed by atoms with Crippen LogP contribution >= 0.6 is 12.4 Å². The van der Waals surface area contributed by atoms with E-state index in [0.717, 1.165) is 43.6 Å². The van der Waals surface area contributed by atoms with Crippen LogP contribution in [0.2, 0.25) is 0 Å². The molecule has 4 rings (SSSR count). The number of para-hydroxylation sites is 1. The number of carbonyl (C=O) groups is 1. The molecule has 0 spiro atoms. The number of nitrogens with one attached hydrogen (secondary N) is 1. The summed E-state index contributed by atoms with van der Waals surface area (Å²) in [5.41, 5.74) is 2.18. The fraction of sp³-hybridized carbons (Fsp3) is 0.381. The maximum absolute atomic E-state index is 13.3. The van der Waals surface area contributed by atoms with E-state index in [9.17, 15) is 13.2 Å². The Balaban J connectivity index is 0.00000240. The second-order valence-corrected chi connectivity index (χ2v) is 9.26. The van der Waals surface area contributed by atoms with Crippen LogP contribution in [0, 0.1) is 0 Å². The van der Waals surface area contributed by atoms with Crippen LogP contribution in [0.4, 0.5) is 5.69 Å². The minimum Gasteiger partial charge on any atom is -0.337 e. The molecule has 0 aromatic heterocycles. The number of halogens is 1. The lowest BCUT2D eigenvalue weighted by Gasteiger charge is -2.30. The normalized spacial score (nSPS) is 18.7. The molecular formula is C21H26ClN3O3S. The summed E-state index contributed by atoms with van der Waals surface area (Å²) in [6.45, 7) is 2.11. The predicted molar refractivity (Wildman–Crippen MR) is 116 cm³/mol. The number of benzene rings is 2. The molecule has 1 fully saturated rings. The zero-order chi connectivity index (χ0) is 19.7. The van der Waals surface area contributed by atoms with E-state index >= 15 is 0 Å². The molecule has 1 atom stereocenters. The summed E-state index contributed by atoms with van der Waals surface area (Å²) in [6, 6.07) is 14.2. The Kier molecular flexibility index (Phi) is 6.51. The van der Waals surface area contributed by atoms with Gasteiger partial charge in [-0.25, -0.2) is 8.42 Å². The SMILES string of the molecule is CN(C(=O)c1cccc(S(=O)(=O)N2CCCc3ccccc32)c1)C1CCNC1.Cl. The first-order valence-electron chi connectivity index (χ1n) is 9.67. The van der Waals surface area contributed by atoms with Gasteiger partial charge in [-0.3, -0.25) is 9.10 Å². The van der Waals surface area contributed by atoms with Gasteiger partial charge in [-0.15, -0.1) is 12.4 Å². The summed E-state index contributed by atoms with van der Waals surface area (Å²) in [7, 11) is -1.95. The van der Waals surface area contributed by atoms with Crippen molar-refractivity contribution < 1.29 is 13.2 Å². The van der Waals surface area contributed by atoms with Gasteiger partial charge < -0.3 is 10.2 Å². The van der Waals surface area contributed by atoms with Gasteiger partial charge in [0.1, 0.15) is 0 Å². The molecule has 156 valence electrons. The third kappa shape index (κ3) is 4.13. The monoisotopic (exact) mass is 435 g/mol. The van der Waals surface area contributed by atoms with Gasteiger partial charge in [0.05, 0.1) is 10.6 Å². The molecule has 2 aliphatic rings. The Bertz CT molecular complexity index is 990. The second kappa shape index (κ2) is 8.73. The molecule has 1 N–H and O–H groups in total. The van der Waals surface area contributed by atoms with Gasteiger partial charge in [-0.2, -0.15) is 0 Å². The molecule has 1 amide bonds. The number of carbonyl (C=O) groups excluding carboxylic acids is 1. The first kappa shape index (κ1) is 21.6. The van der Waals surface area contributed by atoms with E-state index < -0.39 is 10.0 Å². The highest BCUT2D eigenvalue weighted by Gasteiger charge is 2.30. The Morgan fingerprint density at radius 2 is 1.97 bits per heavy atom. The van der Waals surface area contributed by atoms with Crippen LogP contribution in [0.15, 0.2) is 53.4 Å². The molecule has 2 heterocycles. The van der Waals surface area contributed by atoms with Gasteiger partial charge in [-0.1, -0.05) is 24.3 Å². The molecule has 0 bridgehead atoms. The zero-order valence-corrected chi connectivity index (χ0v) is 18.0. The molecule has 0 radical (unpaired) electrons. The number of amides is 1. The highest BCUT2D eigenvalue weighted by atomic mass is 35.5. The first-order chi connectivity index (χ1) is 13.5. The van der Waals surface area contributed by atoms with Crippen molar-refractivity contribution in [2.75, 3.05) is 31.0 Å². The number of hydrogen-bond acceptors (Lipinski definition) is 4. The maximum Gasteiger partial charge on any atom is 0.264 e. The van der Waals surface area contributed by atoms with Crippen molar-refractivity contribution in [3.05, 3.63) is 59.7 Å². The van der Waals surface area contributed by atoms with E-state index in [2.05, 4.69) is 5.32 Å². The summed E-state index contributed by atoms with van der Waals surface area (Å²) in [5.74, 6) is -0.148. The van der Waals surface area contributed by atoms with Crippen LogP contribution in [0.3, 0.4) is 0 Å². The average molecular weight is 436 g/mol. The molecule has 1 saturated heterocycles. The largest absolute Gasteiger partial charge is 0.337 e. The Morgan fingerprint density at radius 1 is 1.17 bits per heavy atom. The molecule has 0 aliphatic carbocycles. The molecule has 2 aliphatic heterocycles. The third-order valence-corrected chi connectivity index (χ3v) is 7.45. The number of anilines is 1. The number of hydrogen-bond donors (Lipinski definition) is 1. The average Bonchev–Trinajstić information content (AvgIpc) is 3.27. The third-order valence-electron chi connectivity index (χ3n) is 5.64. The van der Waals surface area contributed by atoms with Crippen molar-refractivity contribution >= 4 is 34.0 Å². The molecule has 1 unspecified atom stereocenters. The van der Waals surface area contributed by atoms with E-state index in [0.29, 0.717) is 12.1 Å². The molecule has 6 nitrogen and oxygen atoms in total. The number of likely N-dealkylation sites (N-methyl/N-ethyl adjacent to an activating group) is 1. The first-order valence-corrected chi connectivity index (χ1v) is 11.1. The molecule has 29 heavy (non-hydrogen) atoms. The van der Waals surface area contributed by atoms with Crippen LogP contribution in [0.25, 0.3) is 0 Å². The minimum atomic E-state index is -3.73. The summed E-state index contributed by atoms with van der Waals surface area (Å²) < 4.78 is 28.2. The zero-order valence-electron chi connectivity index (χ0n) is 16.4. The van der Waals surface area contributed by atoms with Gasteiger partial charge in [-0.05, 0) is 55.6 Å². The molecule has 2 aromatic carbocycles. The second-order valence-electron chi connectivity index (χ2n) is 7.40. The topological polar surface area (TPSA) is 69.7 Å². The lowest BCUT2D eigenvalue weighted by molar-refractivity contribution is 0.0743. The van der Waals surface area contributed by atoms with Crippen molar-refractivity contribution in [1.82, 2.24) is 10.2 Å². The summed E-state index contributed by atoms with van der Waals surface area (Å²) >= 11 is 0.